The van der Waals surface area contributed by atoms with Gasteiger partial charge in [-0.25, -0.2) is 17.9 Å². The van der Waals surface area contributed by atoms with E-state index in [2.05, 4.69) is 14.8 Å². The van der Waals surface area contributed by atoms with Crippen LogP contribution < -0.4 is 10.0 Å². The summed E-state index contributed by atoms with van der Waals surface area (Å²) in [6.07, 6.45) is 1.12. The van der Waals surface area contributed by atoms with Crippen LogP contribution >= 0.6 is 0 Å². The van der Waals surface area contributed by atoms with E-state index in [1.165, 1.54) is 7.11 Å². The lowest BCUT2D eigenvalue weighted by Gasteiger charge is -2.25. The first kappa shape index (κ1) is 17.7. The molecule has 0 saturated carbocycles. The first-order valence-electron chi connectivity index (χ1n) is 6.41. The van der Waals surface area contributed by atoms with Crippen molar-refractivity contribution < 1.29 is 22.4 Å². The number of carbonyl (C=O) groups excluding carboxylic acids is 1. The van der Waals surface area contributed by atoms with Gasteiger partial charge in [0.15, 0.2) is 0 Å². The van der Waals surface area contributed by atoms with Crippen LogP contribution in [0.1, 0.15) is 35.7 Å². The second kappa shape index (κ2) is 6.59. The summed E-state index contributed by atoms with van der Waals surface area (Å²) in [7, 11) is -1.96. The molecule has 1 heterocycles. The first-order chi connectivity index (χ1) is 9.54. The molecule has 7 nitrogen and oxygen atoms in total. The molecule has 1 aromatic rings. The molecule has 0 aliphatic carbocycles. The Kier molecular flexibility index (Phi) is 5.54. The van der Waals surface area contributed by atoms with Crippen molar-refractivity contribution in [1.29, 1.82) is 0 Å². The van der Waals surface area contributed by atoms with Crippen LogP contribution in [0.5, 0.6) is 0 Å². The Hall–Kier alpha value is -1.38. The Balaban J connectivity index is 2.59. The van der Waals surface area contributed by atoms with Crippen LogP contribution in [0.25, 0.3) is 0 Å². The molecule has 0 aliphatic heterocycles. The molecule has 0 aliphatic rings. The molecule has 21 heavy (non-hydrogen) atoms. The van der Waals surface area contributed by atoms with E-state index in [0.29, 0.717) is 30.2 Å². The Bertz CT molecular complexity index is 604. The summed E-state index contributed by atoms with van der Waals surface area (Å²) in [6.45, 7) is 6.02. The monoisotopic (exact) mass is 318 g/mol. The number of aryl methyl sites for hydroxylation is 1. The van der Waals surface area contributed by atoms with Crippen molar-refractivity contribution in [2.45, 2.75) is 32.9 Å². The number of esters is 1. The lowest BCUT2D eigenvalue weighted by Crippen LogP contribution is -2.49. The third kappa shape index (κ3) is 5.86. The molecule has 0 fully saturated rings. The van der Waals surface area contributed by atoms with E-state index in [0.717, 1.165) is 6.26 Å². The zero-order valence-corrected chi connectivity index (χ0v) is 13.8. The van der Waals surface area contributed by atoms with Crippen LogP contribution in [-0.2, 0) is 21.3 Å². The summed E-state index contributed by atoms with van der Waals surface area (Å²) in [5.74, 6) is 0.636. The summed E-state index contributed by atoms with van der Waals surface area (Å²) in [4.78, 5) is 11.5. The number of furan rings is 1. The summed E-state index contributed by atoms with van der Waals surface area (Å²) >= 11 is 0. The average Bonchev–Trinajstić information content (AvgIpc) is 2.66. The van der Waals surface area contributed by atoms with Crippen LogP contribution in [0.15, 0.2) is 10.5 Å². The highest BCUT2D eigenvalue weighted by atomic mass is 32.2. The number of methoxy groups -OCH3 is 1. The molecule has 8 heteroatoms. The quantitative estimate of drug-likeness (QED) is 0.721. The van der Waals surface area contributed by atoms with E-state index in [-0.39, 0.29) is 0 Å². The zero-order chi connectivity index (χ0) is 16.3. The van der Waals surface area contributed by atoms with Gasteiger partial charge in [0.25, 0.3) is 0 Å². The van der Waals surface area contributed by atoms with Gasteiger partial charge in [0.2, 0.25) is 10.0 Å². The van der Waals surface area contributed by atoms with Crippen LogP contribution in [0.2, 0.25) is 0 Å². The fourth-order valence-corrected chi connectivity index (χ4v) is 3.06. The van der Waals surface area contributed by atoms with Crippen molar-refractivity contribution in [3.8, 4) is 0 Å². The van der Waals surface area contributed by atoms with Gasteiger partial charge in [0.05, 0.1) is 19.9 Å². The summed E-state index contributed by atoms with van der Waals surface area (Å²) < 4.78 is 35.1. The van der Waals surface area contributed by atoms with E-state index in [1.54, 1.807) is 26.8 Å². The Morgan fingerprint density at radius 3 is 2.57 bits per heavy atom. The third-order valence-electron chi connectivity index (χ3n) is 2.70. The predicted molar refractivity (Wildman–Crippen MR) is 78.5 cm³/mol. The highest BCUT2D eigenvalue weighted by Crippen LogP contribution is 2.15. The van der Waals surface area contributed by atoms with E-state index in [9.17, 15) is 13.2 Å². The molecule has 120 valence electrons. The maximum atomic E-state index is 11.5. The minimum absolute atomic E-state index is 0.382. The van der Waals surface area contributed by atoms with Gasteiger partial charge in [-0.3, -0.25) is 0 Å². The summed E-state index contributed by atoms with van der Waals surface area (Å²) in [6, 6.07) is 1.62. The topological polar surface area (TPSA) is 97.6 Å². The highest BCUT2D eigenvalue weighted by molar-refractivity contribution is 7.88. The average molecular weight is 318 g/mol. The van der Waals surface area contributed by atoms with Crippen molar-refractivity contribution >= 4 is 16.0 Å². The number of sulfonamides is 1. The zero-order valence-electron chi connectivity index (χ0n) is 12.9. The van der Waals surface area contributed by atoms with Gasteiger partial charge in [-0.15, -0.1) is 0 Å². The van der Waals surface area contributed by atoms with Crippen molar-refractivity contribution in [2.24, 2.45) is 0 Å². The smallest absolute Gasteiger partial charge is 0.341 e. The normalized spacial score (nSPS) is 12.4. The molecule has 0 atom stereocenters. The van der Waals surface area contributed by atoms with E-state index < -0.39 is 21.5 Å². The molecule has 0 amide bonds. The molecule has 1 rings (SSSR count). The fourth-order valence-electron chi connectivity index (χ4n) is 1.98. The van der Waals surface area contributed by atoms with Gasteiger partial charge >= 0.3 is 5.97 Å². The molecule has 0 unspecified atom stereocenters. The molecule has 0 spiro atoms. The number of rotatable bonds is 7. The Morgan fingerprint density at radius 2 is 2.05 bits per heavy atom. The number of carbonyl (C=O) groups is 1. The summed E-state index contributed by atoms with van der Waals surface area (Å²) in [5.41, 5.74) is -0.233. The van der Waals surface area contributed by atoms with Gasteiger partial charge in [-0.1, -0.05) is 0 Å². The van der Waals surface area contributed by atoms with Crippen molar-refractivity contribution in [1.82, 2.24) is 10.0 Å². The molecule has 0 bridgehead atoms. The Labute approximate surface area is 125 Å². The van der Waals surface area contributed by atoms with Crippen LogP contribution in [-0.4, -0.2) is 39.8 Å². The van der Waals surface area contributed by atoms with Crippen molar-refractivity contribution in [3.05, 3.63) is 23.2 Å². The van der Waals surface area contributed by atoms with Crippen molar-refractivity contribution in [3.63, 3.8) is 0 Å². The minimum Gasteiger partial charge on any atom is -0.465 e. The van der Waals surface area contributed by atoms with E-state index in [1.807, 2.05) is 0 Å². The minimum atomic E-state index is -3.27. The SMILES string of the molecule is COC(=O)c1cc(CNCC(C)(C)NS(C)(=O)=O)oc1C. The maximum absolute atomic E-state index is 11.5. The maximum Gasteiger partial charge on any atom is 0.341 e. The van der Waals surface area contributed by atoms with Gasteiger partial charge in [0, 0.05) is 12.1 Å². The standard InChI is InChI=1S/C13H22N2O5S/c1-9-11(12(16)19-4)6-10(20-9)7-14-8-13(2,3)15-21(5,17)18/h6,14-15H,7-8H2,1-5H3. The largest absolute Gasteiger partial charge is 0.465 e. The lowest BCUT2D eigenvalue weighted by molar-refractivity contribution is 0.0599. The second-order valence-corrected chi connectivity index (χ2v) is 7.28. The number of hydrogen-bond donors (Lipinski definition) is 2. The molecular formula is C13H22N2O5S. The number of ether oxygens (including phenoxy) is 1. The van der Waals surface area contributed by atoms with E-state index >= 15 is 0 Å². The van der Waals surface area contributed by atoms with Crippen molar-refractivity contribution in [2.75, 3.05) is 19.9 Å². The fraction of sp³-hybridized carbons (Fsp3) is 0.615. The molecule has 2 N–H and O–H groups in total. The van der Waals surface area contributed by atoms with Gasteiger partial charge in [-0.05, 0) is 26.8 Å². The second-order valence-electron chi connectivity index (χ2n) is 5.54. The van der Waals surface area contributed by atoms with E-state index in [4.69, 9.17) is 4.42 Å². The molecule has 0 saturated heterocycles. The molecule has 0 radical (unpaired) electrons. The van der Waals surface area contributed by atoms with Crippen LogP contribution in [0.4, 0.5) is 0 Å². The van der Waals surface area contributed by atoms with Gasteiger partial charge in [0.1, 0.15) is 17.1 Å². The van der Waals surface area contributed by atoms with Gasteiger partial charge in [-0.2, -0.15) is 0 Å². The third-order valence-corrected chi connectivity index (χ3v) is 3.63. The Morgan fingerprint density at radius 1 is 1.43 bits per heavy atom. The van der Waals surface area contributed by atoms with Crippen LogP contribution in [0, 0.1) is 6.92 Å². The predicted octanol–water partition coefficient (Wildman–Crippen LogP) is 0.792. The van der Waals surface area contributed by atoms with Crippen LogP contribution in [0.3, 0.4) is 0 Å². The first-order valence-corrected chi connectivity index (χ1v) is 8.30. The molecular weight excluding hydrogens is 296 g/mol. The van der Waals surface area contributed by atoms with Gasteiger partial charge < -0.3 is 14.5 Å². The molecule has 0 aromatic carbocycles. The highest BCUT2D eigenvalue weighted by Gasteiger charge is 2.22. The molecule has 1 aromatic heterocycles. The summed E-state index contributed by atoms with van der Waals surface area (Å²) in [5, 5.41) is 3.09. The lowest BCUT2D eigenvalue weighted by atomic mass is 10.1. The number of hydrogen-bond acceptors (Lipinski definition) is 6. The number of nitrogens with one attached hydrogen (secondary N) is 2.